The van der Waals surface area contributed by atoms with Gasteiger partial charge in [-0.05, 0) is 13.8 Å². The Hall–Kier alpha value is -0.840. The largest absolute Gasteiger partial charge is 0.395 e. The van der Waals surface area contributed by atoms with E-state index in [1.807, 2.05) is 24.6 Å². The number of aliphatic hydroxyl groups is 1. The highest BCUT2D eigenvalue weighted by atomic mass is 35.5. The van der Waals surface area contributed by atoms with Crippen molar-refractivity contribution in [1.82, 2.24) is 14.7 Å². The third kappa shape index (κ3) is 3.56. The molecule has 0 unspecified atom stereocenters. The zero-order valence-corrected chi connectivity index (χ0v) is 11.2. The first-order valence-electron chi connectivity index (χ1n) is 5.79. The molecule has 0 fully saturated rings. The van der Waals surface area contributed by atoms with E-state index in [2.05, 4.69) is 16.6 Å². The average Bonchev–Trinajstić information content (AvgIpc) is 2.57. The van der Waals surface area contributed by atoms with Gasteiger partial charge in [0, 0.05) is 26.2 Å². The van der Waals surface area contributed by atoms with Crippen LogP contribution in [0.5, 0.6) is 0 Å². The number of nitrogens with zero attached hydrogens (tertiary/aromatic N) is 3. The molecule has 0 bridgehead atoms. The van der Waals surface area contributed by atoms with E-state index in [0.717, 1.165) is 29.5 Å². The molecule has 0 amide bonds. The summed E-state index contributed by atoms with van der Waals surface area (Å²) in [6.45, 7) is 10.6. The number of aryl methyl sites for hydroxylation is 2. The van der Waals surface area contributed by atoms with Crippen molar-refractivity contribution in [2.24, 2.45) is 0 Å². The van der Waals surface area contributed by atoms with E-state index in [9.17, 15) is 0 Å². The van der Waals surface area contributed by atoms with Gasteiger partial charge in [0.25, 0.3) is 0 Å². The molecule has 17 heavy (non-hydrogen) atoms. The van der Waals surface area contributed by atoms with Crippen LogP contribution in [0.25, 0.3) is 0 Å². The van der Waals surface area contributed by atoms with Crippen LogP contribution in [-0.2, 0) is 13.1 Å². The standard InChI is InChI=1S/C12H20ClN3O/c1-4-6-15(7-8-17)9-11-12(13)10(3)14-16(11)5-2/h4,17H,1,5-9H2,2-3H3. The number of rotatable bonds is 7. The van der Waals surface area contributed by atoms with Crippen molar-refractivity contribution < 1.29 is 5.11 Å². The van der Waals surface area contributed by atoms with E-state index < -0.39 is 0 Å². The highest BCUT2D eigenvalue weighted by Crippen LogP contribution is 2.21. The van der Waals surface area contributed by atoms with Crippen molar-refractivity contribution in [3.8, 4) is 0 Å². The summed E-state index contributed by atoms with van der Waals surface area (Å²) in [5, 5.41) is 14.1. The Morgan fingerprint density at radius 2 is 2.29 bits per heavy atom. The molecular weight excluding hydrogens is 238 g/mol. The molecule has 0 aliphatic heterocycles. The first-order chi connectivity index (χ1) is 8.13. The maximum Gasteiger partial charge on any atom is 0.0860 e. The van der Waals surface area contributed by atoms with Crippen LogP contribution in [-0.4, -0.2) is 39.5 Å². The van der Waals surface area contributed by atoms with Crippen LogP contribution in [0, 0.1) is 6.92 Å². The molecule has 0 aromatic carbocycles. The normalized spacial score (nSPS) is 11.1. The molecule has 0 aliphatic rings. The summed E-state index contributed by atoms with van der Waals surface area (Å²) in [5.74, 6) is 0. The van der Waals surface area contributed by atoms with E-state index in [1.165, 1.54) is 0 Å². The minimum absolute atomic E-state index is 0.130. The maximum absolute atomic E-state index is 9.01. The van der Waals surface area contributed by atoms with E-state index >= 15 is 0 Å². The zero-order valence-electron chi connectivity index (χ0n) is 10.5. The first kappa shape index (κ1) is 14.2. The zero-order chi connectivity index (χ0) is 12.8. The molecule has 1 heterocycles. The van der Waals surface area contributed by atoms with Gasteiger partial charge < -0.3 is 5.11 Å². The van der Waals surface area contributed by atoms with Crippen LogP contribution in [0.15, 0.2) is 12.7 Å². The molecule has 5 heteroatoms. The fourth-order valence-corrected chi connectivity index (χ4v) is 1.99. The van der Waals surface area contributed by atoms with Gasteiger partial charge in [-0.15, -0.1) is 6.58 Å². The monoisotopic (exact) mass is 257 g/mol. The van der Waals surface area contributed by atoms with Crippen molar-refractivity contribution in [3.63, 3.8) is 0 Å². The predicted octanol–water partition coefficient (Wildman–Crippen LogP) is 1.85. The summed E-state index contributed by atoms with van der Waals surface area (Å²) in [4.78, 5) is 2.08. The molecular formula is C12H20ClN3O. The lowest BCUT2D eigenvalue weighted by molar-refractivity contribution is 0.200. The van der Waals surface area contributed by atoms with Gasteiger partial charge in [-0.3, -0.25) is 9.58 Å². The van der Waals surface area contributed by atoms with E-state index in [1.54, 1.807) is 0 Å². The Labute approximate surface area is 107 Å². The summed E-state index contributed by atoms with van der Waals surface area (Å²) < 4.78 is 1.91. The van der Waals surface area contributed by atoms with E-state index in [-0.39, 0.29) is 6.61 Å². The van der Waals surface area contributed by atoms with E-state index in [4.69, 9.17) is 16.7 Å². The van der Waals surface area contributed by atoms with Crippen LogP contribution < -0.4 is 0 Å². The molecule has 0 saturated heterocycles. The smallest absolute Gasteiger partial charge is 0.0860 e. The Balaban J connectivity index is 2.87. The van der Waals surface area contributed by atoms with Crippen molar-refractivity contribution in [2.45, 2.75) is 26.9 Å². The van der Waals surface area contributed by atoms with Crippen LogP contribution in [0.2, 0.25) is 5.02 Å². The van der Waals surface area contributed by atoms with E-state index in [0.29, 0.717) is 13.1 Å². The molecule has 96 valence electrons. The Kier molecular flexibility index (Phi) is 5.68. The Morgan fingerprint density at radius 1 is 1.59 bits per heavy atom. The SMILES string of the molecule is C=CCN(CCO)Cc1c(Cl)c(C)nn1CC. The van der Waals surface area contributed by atoms with Gasteiger partial charge in [-0.25, -0.2) is 0 Å². The van der Waals surface area contributed by atoms with Gasteiger partial charge in [-0.2, -0.15) is 5.10 Å². The predicted molar refractivity (Wildman–Crippen MR) is 70.2 cm³/mol. The summed E-state index contributed by atoms with van der Waals surface area (Å²) in [6, 6.07) is 0. The molecule has 1 aromatic rings. The fourth-order valence-electron chi connectivity index (χ4n) is 1.79. The van der Waals surface area contributed by atoms with Crippen LogP contribution in [0.1, 0.15) is 18.3 Å². The summed E-state index contributed by atoms with van der Waals surface area (Å²) >= 11 is 6.24. The van der Waals surface area contributed by atoms with Crippen LogP contribution in [0.3, 0.4) is 0 Å². The minimum atomic E-state index is 0.130. The second-order valence-electron chi connectivity index (χ2n) is 3.91. The number of hydrogen-bond acceptors (Lipinski definition) is 3. The molecule has 4 nitrogen and oxygen atoms in total. The lowest BCUT2D eigenvalue weighted by Gasteiger charge is -2.20. The second kappa shape index (κ2) is 6.79. The molecule has 0 saturated carbocycles. The number of halogens is 1. The van der Waals surface area contributed by atoms with Crippen molar-refractivity contribution in [1.29, 1.82) is 0 Å². The van der Waals surface area contributed by atoms with Gasteiger partial charge in [0.2, 0.25) is 0 Å². The highest BCUT2D eigenvalue weighted by molar-refractivity contribution is 6.31. The molecule has 1 rings (SSSR count). The topological polar surface area (TPSA) is 41.3 Å². The minimum Gasteiger partial charge on any atom is -0.395 e. The lowest BCUT2D eigenvalue weighted by Crippen LogP contribution is -2.28. The summed E-state index contributed by atoms with van der Waals surface area (Å²) in [6.07, 6.45) is 1.82. The van der Waals surface area contributed by atoms with Crippen molar-refractivity contribution in [3.05, 3.63) is 29.1 Å². The molecule has 0 radical (unpaired) electrons. The highest BCUT2D eigenvalue weighted by Gasteiger charge is 2.15. The molecule has 1 aromatic heterocycles. The first-order valence-corrected chi connectivity index (χ1v) is 6.17. The molecule has 1 N–H and O–H groups in total. The van der Waals surface area contributed by atoms with Crippen LogP contribution >= 0.6 is 11.6 Å². The van der Waals surface area contributed by atoms with Gasteiger partial charge in [0.15, 0.2) is 0 Å². The number of aliphatic hydroxyl groups excluding tert-OH is 1. The molecule has 0 atom stereocenters. The van der Waals surface area contributed by atoms with Crippen LogP contribution in [0.4, 0.5) is 0 Å². The quantitative estimate of drug-likeness (QED) is 0.758. The van der Waals surface area contributed by atoms with Gasteiger partial charge in [-0.1, -0.05) is 17.7 Å². The third-order valence-corrected chi connectivity index (χ3v) is 3.12. The van der Waals surface area contributed by atoms with Crippen molar-refractivity contribution >= 4 is 11.6 Å². The summed E-state index contributed by atoms with van der Waals surface area (Å²) in [7, 11) is 0. The number of hydrogen-bond donors (Lipinski definition) is 1. The fraction of sp³-hybridized carbons (Fsp3) is 0.583. The van der Waals surface area contributed by atoms with Gasteiger partial charge >= 0.3 is 0 Å². The van der Waals surface area contributed by atoms with Gasteiger partial charge in [0.05, 0.1) is 23.0 Å². The molecule has 0 spiro atoms. The second-order valence-corrected chi connectivity index (χ2v) is 4.29. The van der Waals surface area contributed by atoms with Gasteiger partial charge in [0.1, 0.15) is 0 Å². The average molecular weight is 258 g/mol. The Morgan fingerprint density at radius 3 is 2.82 bits per heavy atom. The lowest BCUT2D eigenvalue weighted by atomic mass is 10.3. The summed E-state index contributed by atoms with van der Waals surface area (Å²) in [5.41, 5.74) is 1.85. The maximum atomic E-state index is 9.01. The third-order valence-electron chi connectivity index (χ3n) is 2.63. The Bertz CT molecular complexity index is 376. The number of aromatic nitrogens is 2. The van der Waals surface area contributed by atoms with Crippen molar-refractivity contribution in [2.75, 3.05) is 19.7 Å². The molecule has 0 aliphatic carbocycles.